The molecule has 0 radical (unpaired) electrons. The molecule has 0 N–H and O–H groups in total. The molecule has 1 aromatic rings. The lowest BCUT2D eigenvalue weighted by atomic mass is 10.2. The summed E-state index contributed by atoms with van der Waals surface area (Å²) < 4.78 is 36.0. The zero-order valence-corrected chi connectivity index (χ0v) is 9.92. The summed E-state index contributed by atoms with van der Waals surface area (Å²) in [4.78, 5) is 11.1. The van der Waals surface area contributed by atoms with Crippen molar-refractivity contribution in [3.8, 4) is 0 Å². The minimum atomic E-state index is -3.64. The Morgan fingerprint density at radius 1 is 1.44 bits per heavy atom. The average Bonchev–Trinajstić information content (AvgIpc) is 2.16. The van der Waals surface area contributed by atoms with Crippen LogP contribution in [0.3, 0.4) is 0 Å². The number of ketones is 1. The Bertz CT molecular complexity index is 492. The highest BCUT2D eigenvalue weighted by molar-refractivity contribution is 7.91. The summed E-state index contributed by atoms with van der Waals surface area (Å²) in [6.07, 6.45) is -1.43. The van der Waals surface area contributed by atoms with Gasteiger partial charge in [0.15, 0.2) is 15.6 Å². The molecule has 1 unspecified atom stereocenters. The molecular formula is C11H13FO3S. The lowest BCUT2D eigenvalue weighted by molar-refractivity contribution is 0.101. The van der Waals surface area contributed by atoms with E-state index in [1.807, 2.05) is 0 Å². The monoisotopic (exact) mass is 244 g/mol. The highest BCUT2D eigenvalue weighted by Crippen LogP contribution is 2.15. The zero-order valence-electron chi connectivity index (χ0n) is 9.10. The van der Waals surface area contributed by atoms with Crippen molar-refractivity contribution in [1.29, 1.82) is 0 Å². The van der Waals surface area contributed by atoms with Crippen LogP contribution in [0.1, 0.15) is 24.2 Å². The number of Topliss-reactive ketones (excluding diaryl/α,β-unsaturated/α-hetero) is 1. The molecule has 0 amide bonds. The molecule has 16 heavy (non-hydrogen) atoms. The van der Waals surface area contributed by atoms with Crippen molar-refractivity contribution in [2.75, 3.05) is 5.75 Å². The van der Waals surface area contributed by atoms with Gasteiger partial charge in [0.25, 0.3) is 0 Å². The molecule has 0 bridgehead atoms. The van der Waals surface area contributed by atoms with E-state index >= 15 is 0 Å². The fourth-order valence-corrected chi connectivity index (χ4v) is 2.70. The third-order valence-corrected chi connectivity index (χ3v) is 3.92. The maximum absolute atomic E-state index is 12.7. The van der Waals surface area contributed by atoms with E-state index in [-0.39, 0.29) is 10.7 Å². The number of hydrogen-bond acceptors (Lipinski definition) is 3. The van der Waals surface area contributed by atoms with Crippen molar-refractivity contribution in [3.05, 3.63) is 29.8 Å². The summed E-state index contributed by atoms with van der Waals surface area (Å²) in [6, 6.07) is 5.65. The van der Waals surface area contributed by atoms with Crippen molar-refractivity contribution >= 4 is 15.6 Å². The SMILES string of the molecule is CC(=O)c1cccc(S(=O)(=O)CC(C)F)c1. The number of alkyl halides is 1. The van der Waals surface area contributed by atoms with Gasteiger partial charge in [0.1, 0.15) is 6.17 Å². The normalized spacial score (nSPS) is 13.4. The van der Waals surface area contributed by atoms with Crippen molar-refractivity contribution in [2.24, 2.45) is 0 Å². The molecule has 0 aliphatic carbocycles. The molecule has 5 heteroatoms. The number of sulfone groups is 1. The number of halogens is 1. The fraction of sp³-hybridized carbons (Fsp3) is 0.364. The second-order valence-electron chi connectivity index (χ2n) is 3.65. The van der Waals surface area contributed by atoms with Gasteiger partial charge < -0.3 is 0 Å². The Morgan fingerprint density at radius 3 is 2.56 bits per heavy atom. The standard InChI is InChI=1S/C11H13FO3S/c1-8(12)7-16(14,15)11-5-3-4-10(6-11)9(2)13/h3-6,8H,7H2,1-2H3. The van der Waals surface area contributed by atoms with Crippen molar-refractivity contribution in [3.63, 3.8) is 0 Å². The molecule has 1 aromatic carbocycles. The van der Waals surface area contributed by atoms with Gasteiger partial charge in [0.05, 0.1) is 10.6 Å². The van der Waals surface area contributed by atoms with E-state index in [0.717, 1.165) is 0 Å². The quantitative estimate of drug-likeness (QED) is 0.761. The third-order valence-electron chi connectivity index (χ3n) is 2.05. The first-order valence-electron chi connectivity index (χ1n) is 4.81. The Kier molecular flexibility index (Phi) is 3.80. The molecule has 0 saturated heterocycles. The van der Waals surface area contributed by atoms with Crippen molar-refractivity contribution < 1.29 is 17.6 Å². The first-order valence-corrected chi connectivity index (χ1v) is 6.46. The van der Waals surface area contributed by atoms with Crippen molar-refractivity contribution in [1.82, 2.24) is 0 Å². The highest BCUT2D eigenvalue weighted by Gasteiger charge is 2.18. The van der Waals surface area contributed by atoms with E-state index in [4.69, 9.17) is 0 Å². The van der Waals surface area contributed by atoms with E-state index in [2.05, 4.69) is 0 Å². The summed E-state index contributed by atoms with van der Waals surface area (Å²) >= 11 is 0. The molecule has 0 aliphatic heterocycles. The zero-order chi connectivity index (χ0) is 12.3. The van der Waals surface area contributed by atoms with Crippen molar-refractivity contribution in [2.45, 2.75) is 24.9 Å². The largest absolute Gasteiger partial charge is 0.295 e. The van der Waals surface area contributed by atoms with Crippen LogP contribution < -0.4 is 0 Å². The molecule has 3 nitrogen and oxygen atoms in total. The Balaban J connectivity index is 3.14. The van der Waals surface area contributed by atoms with Gasteiger partial charge >= 0.3 is 0 Å². The minimum Gasteiger partial charge on any atom is -0.295 e. The second-order valence-corrected chi connectivity index (χ2v) is 5.68. The van der Waals surface area contributed by atoms with Gasteiger partial charge in [-0.25, -0.2) is 12.8 Å². The summed E-state index contributed by atoms with van der Waals surface area (Å²) in [7, 11) is -3.64. The van der Waals surface area contributed by atoms with Crippen LogP contribution in [-0.4, -0.2) is 26.1 Å². The minimum absolute atomic E-state index is 0.00954. The molecule has 0 aromatic heterocycles. The van der Waals surface area contributed by atoms with E-state index in [0.29, 0.717) is 5.56 Å². The number of carbonyl (C=O) groups excluding carboxylic acids is 1. The highest BCUT2D eigenvalue weighted by atomic mass is 32.2. The molecule has 0 spiro atoms. The molecule has 0 aliphatic rings. The van der Waals surface area contributed by atoms with Gasteiger partial charge in [-0.1, -0.05) is 12.1 Å². The average molecular weight is 244 g/mol. The molecule has 0 fully saturated rings. The maximum atomic E-state index is 12.7. The van der Waals surface area contributed by atoms with Gasteiger partial charge in [-0.2, -0.15) is 0 Å². The van der Waals surface area contributed by atoms with Gasteiger partial charge in [0.2, 0.25) is 0 Å². The van der Waals surface area contributed by atoms with Gasteiger partial charge in [0, 0.05) is 5.56 Å². The predicted molar refractivity (Wildman–Crippen MR) is 59.1 cm³/mol. The van der Waals surface area contributed by atoms with E-state index in [1.165, 1.54) is 38.1 Å². The van der Waals surface area contributed by atoms with Crippen LogP contribution >= 0.6 is 0 Å². The van der Waals surface area contributed by atoms with E-state index < -0.39 is 21.8 Å². The Hall–Kier alpha value is -1.23. The van der Waals surface area contributed by atoms with Crippen LogP contribution in [0.2, 0.25) is 0 Å². The summed E-state index contributed by atoms with van der Waals surface area (Å²) in [5, 5.41) is 0. The molecule has 88 valence electrons. The number of rotatable bonds is 4. The predicted octanol–water partition coefficient (Wildman–Crippen LogP) is 2.02. The lowest BCUT2D eigenvalue weighted by Crippen LogP contribution is -2.15. The summed E-state index contributed by atoms with van der Waals surface area (Å²) in [6.45, 7) is 2.54. The summed E-state index contributed by atoms with van der Waals surface area (Å²) in [5.41, 5.74) is 0.313. The summed E-state index contributed by atoms with van der Waals surface area (Å²) in [5.74, 6) is -0.778. The van der Waals surface area contributed by atoms with Gasteiger partial charge in [-0.3, -0.25) is 4.79 Å². The molecule has 0 heterocycles. The molecule has 1 rings (SSSR count). The lowest BCUT2D eigenvalue weighted by Gasteiger charge is -2.06. The van der Waals surface area contributed by atoms with Crippen LogP contribution in [0.5, 0.6) is 0 Å². The fourth-order valence-electron chi connectivity index (χ4n) is 1.31. The van der Waals surface area contributed by atoms with Gasteiger partial charge in [-0.15, -0.1) is 0 Å². The van der Waals surface area contributed by atoms with E-state index in [1.54, 1.807) is 0 Å². The first kappa shape index (κ1) is 12.8. The smallest absolute Gasteiger partial charge is 0.181 e. The second kappa shape index (κ2) is 4.74. The Labute approximate surface area is 94.2 Å². The molecule has 0 saturated carbocycles. The first-order chi connectivity index (χ1) is 7.33. The topological polar surface area (TPSA) is 51.2 Å². The van der Waals surface area contributed by atoms with Crippen LogP contribution in [-0.2, 0) is 9.84 Å². The number of hydrogen-bond donors (Lipinski definition) is 0. The van der Waals surface area contributed by atoms with Crippen LogP contribution in [0.25, 0.3) is 0 Å². The van der Waals surface area contributed by atoms with Gasteiger partial charge in [-0.05, 0) is 26.0 Å². The van der Waals surface area contributed by atoms with E-state index in [9.17, 15) is 17.6 Å². The maximum Gasteiger partial charge on any atom is 0.181 e. The van der Waals surface area contributed by atoms with Crippen LogP contribution in [0.4, 0.5) is 4.39 Å². The van der Waals surface area contributed by atoms with Crippen LogP contribution in [0.15, 0.2) is 29.2 Å². The van der Waals surface area contributed by atoms with Crippen LogP contribution in [0, 0.1) is 0 Å². The molecular weight excluding hydrogens is 231 g/mol. The third kappa shape index (κ3) is 3.13. The molecule has 1 atom stereocenters. The Morgan fingerprint density at radius 2 is 2.06 bits per heavy atom. The number of benzene rings is 1. The number of carbonyl (C=O) groups is 1.